The van der Waals surface area contributed by atoms with Crippen LogP contribution in [0.3, 0.4) is 0 Å². The number of terminal acetylenes is 1. The highest BCUT2D eigenvalue weighted by molar-refractivity contribution is 5.73. The number of carbonyl (C=O) groups is 1. The van der Waals surface area contributed by atoms with Crippen LogP contribution < -0.4 is 5.73 Å². The van der Waals surface area contributed by atoms with Gasteiger partial charge in [-0.1, -0.05) is 5.92 Å². The van der Waals surface area contributed by atoms with Crippen molar-refractivity contribution in [1.29, 1.82) is 0 Å². The summed E-state index contributed by atoms with van der Waals surface area (Å²) in [5.41, 5.74) is 4.94. The van der Waals surface area contributed by atoms with Crippen LogP contribution in [0.1, 0.15) is 6.42 Å². The third-order valence-electron chi connectivity index (χ3n) is 1.79. The van der Waals surface area contributed by atoms with Crippen LogP contribution in [0.4, 0.5) is 0 Å². The predicted octanol–water partition coefficient (Wildman–Crippen LogP) is -0.439. The van der Waals surface area contributed by atoms with Crippen LogP contribution in [-0.4, -0.2) is 58.8 Å². The van der Waals surface area contributed by atoms with E-state index in [9.17, 15) is 4.79 Å². The van der Waals surface area contributed by atoms with Gasteiger partial charge in [0.1, 0.15) is 6.61 Å². The second-order valence-corrected chi connectivity index (χ2v) is 3.31. The molecule has 2 N–H and O–H groups in total. The number of hydrogen-bond acceptors (Lipinski definition) is 5. The van der Waals surface area contributed by atoms with Crippen LogP contribution in [0.2, 0.25) is 0 Å². The van der Waals surface area contributed by atoms with Gasteiger partial charge < -0.3 is 24.7 Å². The molecule has 6 heteroatoms. The number of primary amides is 1. The van der Waals surface area contributed by atoms with Gasteiger partial charge in [-0.3, -0.25) is 4.79 Å². The molecule has 0 atom stereocenters. The van der Waals surface area contributed by atoms with Crippen molar-refractivity contribution in [1.82, 2.24) is 0 Å². The Balaban J connectivity index is 2.95. The number of ether oxygens (including phenoxy) is 4. The molecule has 1 amide bonds. The molecule has 0 fully saturated rings. The maximum atomic E-state index is 10.4. The highest BCUT2D eigenvalue weighted by atomic mass is 16.6. The topological polar surface area (TPSA) is 80.0 Å². The lowest BCUT2D eigenvalue weighted by atomic mass is 10.4. The van der Waals surface area contributed by atoms with E-state index < -0.39 is 0 Å². The minimum absolute atomic E-state index is 0.237. The van der Waals surface area contributed by atoms with E-state index in [4.69, 9.17) is 31.1 Å². The van der Waals surface area contributed by atoms with E-state index in [0.29, 0.717) is 52.9 Å². The summed E-state index contributed by atoms with van der Waals surface area (Å²) in [7, 11) is 0. The molecule has 0 aliphatic carbocycles. The molecule has 0 rings (SSSR count). The molecule has 0 heterocycles. The molecule has 0 aromatic rings. The Morgan fingerprint density at radius 1 is 0.889 bits per heavy atom. The summed E-state index contributed by atoms with van der Waals surface area (Å²) < 4.78 is 20.6. The van der Waals surface area contributed by atoms with Crippen molar-refractivity contribution in [2.45, 2.75) is 6.42 Å². The van der Waals surface area contributed by atoms with Crippen LogP contribution in [0.25, 0.3) is 0 Å². The van der Waals surface area contributed by atoms with Gasteiger partial charge in [-0.05, 0) is 0 Å². The zero-order valence-electron chi connectivity index (χ0n) is 10.6. The lowest BCUT2D eigenvalue weighted by Gasteiger charge is -2.06. The highest BCUT2D eigenvalue weighted by Gasteiger charge is 1.94. The largest absolute Gasteiger partial charge is 0.379 e. The van der Waals surface area contributed by atoms with Crippen molar-refractivity contribution in [3.05, 3.63) is 0 Å². The number of rotatable bonds is 13. The molecule has 18 heavy (non-hydrogen) atoms. The van der Waals surface area contributed by atoms with Gasteiger partial charge in [0.25, 0.3) is 0 Å². The van der Waals surface area contributed by atoms with Gasteiger partial charge in [0.15, 0.2) is 0 Å². The van der Waals surface area contributed by atoms with E-state index in [1.54, 1.807) is 0 Å². The van der Waals surface area contributed by atoms with E-state index in [2.05, 4.69) is 5.92 Å². The second-order valence-electron chi connectivity index (χ2n) is 3.31. The van der Waals surface area contributed by atoms with Crippen LogP contribution >= 0.6 is 0 Å². The van der Waals surface area contributed by atoms with Crippen molar-refractivity contribution in [3.8, 4) is 12.3 Å². The van der Waals surface area contributed by atoms with Crippen molar-refractivity contribution in [2.75, 3.05) is 52.9 Å². The molecular weight excluding hydrogens is 238 g/mol. The normalized spacial score (nSPS) is 10.2. The van der Waals surface area contributed by atoms with E-state index in [0.717, 1.165) is 0 Å². The standard InChI is InChI=1S/C12H21NO5/c1-2-4-15-6-8-17-10-11-18-9-7-16-5-3-12(13)14/h1H,3-11H2,(H2,13,14). The van der Waals surface area contributed by atoms with E-state index in [-0.39, 0.29) is 12.3 Å². The van der Waals surface area contributed by atoms with Gasteiger partial charge in [-0.25, -0.2) is 0 Å². The molecule has 104 valence electrons. The van der Waals surface area contributed by atoms with Gasteiger partial charge in [-0.15, -0.1) is 6.42 Å². The monoisotopic (exact) mass is 259 g/mol. The first-order valence-electron chi connectivity index (χ1n) is 5.80. The van der Waals surface area contributed by atoms with Gasteiger partial charge in [-0.2, -0.15) is 0 Å². The fraction of sp³-hybridized carbons (Fsp3) is 0.750. The van der Waals surface area contributed by atoms with Crippen LogP contribution in [0.15, 0.2) is 0 Å². The molecule has 0 aromatic heterocycles. The number of carbonyl (C=O) groups excluding carboxylic acids is 1. The summed E-state index contributed by atoms with van der Waals surface area (Å²) in [6.45, 7) is 3.54. The van der Waals surface area contributed by atoms with Gasteiger partial charge in [0.05, 0.1) is 46.2 Å². The Hall–Kier alpha value is -1.13. The summed E-state index contributed by atoms with van der Waals surface area (Å²) in [6, 6.07) is 0. The molecule has 0 spiro atoms. The Labute approximate surface area is 108 Å². The molecule has 0 radical (unpaired) electrons. The summed E-state index contributed by atoms with van der Waals surface area (Å²) in [5.74, 6) is 2.00. The van der Waals surface area contributed by atoms with Crippen LogP contribution in [-0.2, 0) is 23.7 Å². The van der Waals surface area contributed by atoms with Crippen molar-refractivity contribution < 1.29 is 23.7 Å². The van der Waals surface area contributed by atoms with Gasteiger partial charge >= 0.3 is 0 Å². The molecule has 0 saturated heterocycles. The van der Waals surface area contributed by atoms with Crippen molar-refractivity contribution in [2.24, 2.45) is 5.73 Å². The summed E-state index contributed by atoms with van der Waals surface area (Å²) in [4.78, 5) is 10.4. The maximum Gasteiger partial charge on any atom is 0.219 e. The molecule has 0 aliphatic rings. The second kappa shape index (κ2) is 13.9. The molecule has 0 aliphatic heterocycles. The first-order chi connectivity index (χ1) is 8.77. The lowest BCUT2D eigenvalue weighted by molar-refractivity contribution is -0.119. The highest BCUT2D eigenvalue weighted by Crippen LogP contribution is 1.84. The first-order valence-corrected chi connectivity index (χ1v) is 5.80. The molecule has 0 aromatic carbocycles. The molecular formula is C12H21NO5. The minimum atomic E-state index is -0.364. The smallest absolute Gasteiger partial charge is 0.219 e. The summed E-state index contributed by atoms with van der Waals surface area (Å²) in [5, 5.41) is 0. The summed E-state index contributed by atoms with van der Waals surface area (Å²) >= 11 is 0. The zero-order chi connectivity index (χ0) is 13.5. The quantitative estimate of drug-likeness (QED) is 0.358. The Morgan fingerprint density at radius 2 is 1.33 bits per heavy atom. The van der Waals surface area contributed by atoms with E-state index >= 15 is 0 Å². The average molecular weight is 259 g/mol. The SMILES string of the molecule is C#CCOCCOCCOCCOCCC(N)=O. The molecule has 0 saturated carbocycles. The Kier molecular flexibility index (Phi) is 13.1. The maximum absolute atomic E-state index is 10.4. The first kappa shape index (κ1) is 16.9. The van der Waals surface area contributed by atoms with Crippen LogP contribution in [0.5, 0.6) is 0 Å². The van der Waals surface area contributed by atoms with Gasteiger partial charge in [0.2, 0.25) is 5.91 Å². The number of hydrogen-bond donors (Lipinski definition) is 1. The Bertz CT molecular complexity index is 239. The third-order valence-corrected chi connectivity index (χ3v) is 1.79. The Morgan fingerprint density at radius 3 is 1.78 bits per heavy atom. The number of amides is 1. The average Bonchev–Trinajstić information content (AvgIpc) is 2.34. The van der Waals surface area contributed by atoms with Crippen molar-refractivity contribution in [3.63, 3.8) is 0 Å². The van der Waals surface area contributed by atoms with E-state index in [1.807, 2.05) is 0 Å². The van der Waals surface area contributed by atoms with Crippen LogP contribution in [0, 0.1) is 12.3 Å². The predicted molar refractivity (Wildman–Crippen MR) is 65.9 cm³/mol. The van der Waals surface area contributed by atoms with Gasteiger partial charge in [0, 0.05) is 6.42 Å². The summed E-state index contributed by atoms with van der Waals surface area (Å²) in [6.07, 6.45) is 5.24. The fourth-order valence-corrected chi connectivity index (χ4v) is 0.964. The molecule has 6 nitrogen and oxygen atoms in total. The molecule has 0 bridgehead atoms. The van der Waals surface area contributed by atoms with Crippen molar-refractivity contribution >= 4 is 5.91 Å². The third kappa shape index (κ3) is 14.9. The molecule has 0 unspecified atom stereocenters. The zero-order valence-corrected chi connectivity index (χ0v) is 10.6. The van der Waals surface area contributed by atoms with E-state index in [1.165, 1.54) is 0 Å². The lowest BCUT2D eigenvalue weighted by Crippen LogP contribution is -2.15. The number of nitrogens with two attached hydrogens (primary N) is 1. The minimum Gasteiger partial charge on any atom is -0.379 e. The fourth-order valence-electron chi connectivity index (χ4n) is 0.964.